The van der Waals surface area contributed by atoms with Crippen molar-refractivity contribution in [1.29, 1.82) is 0 Å². The average molecular weight is 253 g/mol. The van der Waals surface area contributed by atoms with Gasteiger partial charge in [-0.25, -0.2) is 4.39 Å². The summed E-state index contributed by atoms with van der Waals surface area (Å²) >= 11 is 0. The van der Waals surface area contributed by atoms with Gasteiger partial charge >= 0.3 is 0 Å². The third-order valence-electron chi connectivity index (χ3n) is 3.23. The largest absolute Gasteiger partial charge is 0.314 e. The molecule has 1 fully saturated rings. The van der Waals surface area contributed by atoms with Crippen LogP contribution in [0.5, 0.6) is 0 Å². The van der Waals surface area contributed by atoms with Gasteiger partial charge in [0.25, 0.3) is 5.69 Å². The van der Waals surface area contributed by atoms with Crippen LogP contribution in [0.1, 0.15) is 11.6 Å². The van der Waals surface area contributed by atoms with Crippen molar-refractivity contribution in [2.24, 2.45) is 0 Å². The number of nitrogens with one attached hydrogen (secondary N) is 1. The summed E-state index contributed by atoms with van der Waals surface area (Å²) in [5.41, 5.74) is 0.464. The molecule has 1 aromatic rings. The first kappa shape index (κ1) is 12.9. The van der Waals surface area contributed by atoms with E-state index in [0.717, 1.165) is 13.1 Å². The van der Waals surface area contributed by atoms with Gasteiger partial charge in [-0.3, -0.25) is 15.0 Å². The smallest absolute Gasteiger partial charge is 0.274 e. The van der Waals surface area contributed by atoms with E-state index in [9.17, 15) is 14.5 Å². The zero-order valence-corrected chi connectivity index (χ0v) is 10.0. The van der Waals surface area contributed by atoms with Crippen molar-refractivity contribution in [2.75, 3.05) is 32.9 Å². The van der Waals surface area contributed by atoms with Crippen LogP contribution in [0, 0.1) is 10.1 Å². The molecule has 0 bridgehead atoms. The number of benzene rings is 1. The molecular weight excluding hydrogens is 237 g/mol. The fourth-order valence-electron chi connectivity index (χ4n) is 2.31. The molecule has 18 heavy (non-hydrogen) atoms. The van der Waals surface area contributed by atoms with Gasteiger partial charge in [0.2, 0.25) is 0 Å². The lowest BCUT2D eigenvalue weighted by atomic mass is 10.0. The summed E-state index contributed by atoms with van der Waals surface area (Å²) in [5, 5.41) is 14.2. The zero-order chi connectivity index (χ0) is 13.0. The number of rotatable bonds is 4. The molecule has 1 heterocycles. The second-order valence-electron chi connectivity index (χ2n) is 4.27. The molecule has 0 unspecified atom stereocenters. The molecule has 2 rings (SSSR count). The van der Waals surface area contributed by atoms with E-state index in [4.69, 9.17) is 0 Å². The van der Waals surface area contributed by atoms with E-state index in [0.29, 0.717) is 18.7 Å². The zero-order valence-electron chi connectivity index (χ0n) is 10.0. The van der Waals surface area contributed by atoms with Crippen molar-refractivity contribution >= 4 is 5.69 Å². The van der Waals surface area contributed by atoms with Crippen LogP contribution in [0.3, 0.4) is 0 Å². The van der Waals surface area contributed by atoms with E-state index in [-0.39, 0.29) is 5.69 Å². The Balaban J connectivity index is 2.28. The average Bonchev–Trinajstić information content (AvgIpc) is 2.41. The molecule has 1 atom stereocenters. The topological polar surface area (TPSA) is 58.4 Å². The number of halogens is 1. The quantitative estimate of drug-likeness (QED) is 0.652. The Kier molecular flexibility index (Phi) is 4.22. The van der Waals surface area contributed by atoms with Gasteiger partial charge in [-0.2, -0.15) is 0 Å². The Hall–Kier alpha value is -1.53. The second-order valence-corrected chi connectivity index (χ2v) is 4.27. The minimum atomic E-state index is -0.606. The summed E-state index contributed by atoms with van der Waals surface area (Å²) in [7, 11) is 0. The van der Waals surface area contributed by atoms with Gasteiger partial charge in [0.15, 0.2) is 0 Å². The second kappa shape index (κ2) is 5.88. The summed E-state index contributed by atoms with van der Waals surface area (Å²) in [4.78, 5) is 12.5. The number of nitrogens with zero attached hydrogens (tertiary/aromatic N) is 2. The maximum Gasteiger partial charge on any atom is 0.274 e. The third-order valence-corrected chi connectivity index (χ3v) is 3.23. The monoisotopic (exact) mass is 253 g/mol. The van der Waals surface area contributed by atoms with Crippen molar-refractivity contribution < 1.29 is 9.31 Å². The van der Waals surface area contributed by atoms with Gasteiger partial charge in [0.1, 0.15) is 6.67 Å². The number of nitro benzene ring substituents is 1. The predicted molar refractivity (Wildman–Crippen MR) is 66.3 cm³/mol. The summed E-state index contributed by atoms with van der Waals surface area (Å²) in [6.45, 7) is 2.39. The van der Waals surface area contributed by atoms with Gasteiger partial charge < -0.3 is 5.32 Å². The maximum absolute atomic E-state index is 13.3. The molecule has 1 aromatic carbocycles. The molecule has 1 saturated heterocycles. The first-order chi connectivity index (χ1) is 8.74. The van der Waals surface area contributed by atoms with Crippen molar-refractivity contribution in [3.05, 3.63) is 39.9 Å². The predicted octanol–water partition coefficient (Wildman–Crippen LogP) is 1.51. The van der Waals surface area contributed by atoms with Crippen LogP contribution >= 0.6 is 0 Å². The molecule has 1 aliphatic rings. The minimum Gasteiger partial charge on any atom is -0.314 e. The number of para-hydroxylation sites is 1. The summed E-state index contributed by atoms with van der Waals surface area (Å²) in [6, 6.07) is 5.88. The molecule has 0 amide bonds. The van der Waals surface area contributed by atoms with Crippen LogP contribution in [-0.4, -0.2) is 42.7 Å². The van der Waals surface area contributed by atoms with Gasteiger partial charge in [-0.15, -0.1) is 0 Å². The van der Waals surface area contributed by atoms with Crippen LogP contribution in [0.2, 0.25) is 0 Å². The molecule has 0 aliphatic carbocycles. The Labute approximate surface area is 105 Å². The minimum absolute atomic E-state index is 0.00122. The van der Waals surface area contributed by atoms with Gasteiger partial charge in [-0.1, -0.05) is 18.2 Å². The summed E-state index contributed by atoms with van der Waals surface area (Å²) < 4.78 is 13.3. The van der Waals surface area contributed by atoms with E-state index in [1.165, 1.54) is 6.07 Å². The van der Waals surface area contributed by atoms with Crippen molar-refractivity contribution in [3.63, 3.8) is 0 Å². The molecule has 1 N–H and O–H groups in total. The van der Waals surface area contributed by atoms with E-state index in [2.05, 4.69) is 5.32 Å². The Morgan fingerprint density at radius 1 is 1.39 bits per heavy atom. The summed E-state index contributed by atoms with van der Waals surface area (Å²) in [6.07, 6.45) is 0. The molecular formula is C12H16FN3O2. The van der Waals surface area contributed by atoms with Crippen LogP contribution < -0.4 is 5.32 Å². The number of hydrogen-bond acceptors (Lipinski definition) is 4. The Bertz CT molecular complexity index is 422. The molecule has 1 aliphatic heterocycles. The Morgan fingerprint density at radius 3 is 2.67 bits per heavy atom. The highest BCUT2D eigenvalue weighted by Gasteiger charge is 2.27. The normalized spacial score (nSPS) is 18.5. The standard InChI is InChI=1S/C12H16FN3O2/c13-9-12(15-7-5-14-6-8-15)10-3-1-2-4-11(10)16(17)18/h1-4,12,14H,5-9H2/t12-/m1/s1. The molecule has 5 nitrogen and oxygen atoms in total. The lowest BCUT2D eigenvalue weighted by Crippen LogP contribution is -2.45. The highest BCUT2D eigenvalue weighted by Crippen LogP contribution is 2.29. The number of nitro groups is 1. The molecule has 0 saturated carbocycles. The highest BCUT2D eigenvalue weighted by atomic mass is 19.1. The highest BCUT2D eigenvalue weighted by molar-refractivity contribution is 5.42. The van der Waals surface area contributed by atoms with Crippen LogP contribution in [0.25, 0.3) is 0 Å². The van der Waals surface area contributed by atoms with E-state index in [1.54, 1.807) is 18.2 Å². The third kappa shape index (κ3) is 2.65. The molecule has 0 spiro atoms. The number of piperazine rings is 1. The van der Waals surface area contributed by atoms with Gasteiger partial charge in [0.05, 0.1) is 11.0 Å². The van der Waals surface area contributed by atoms with Crippen LogP contribution in [0.4, 0.5) is 10.1 Å². The van der Waals surface area contributed by atoms with E-state index in [1.807, 2.05) is 4.90 Å². The first-order valence-corrected chi connectivity index (χ1v) is 5.98. The fraction of sp³-hybridized carbons (Fsp3) is 0.500. The SMILES string of the molecule is O=[N+]([O-])c1ccccc1[C@@H](CF)N1CCNCC1. The molecule has 0 aromatic heterocycles. The molecule has 6 heteroatoms. The van der Waals surface area contributed by atoms with Gasteiger partial charge in [-0.05, 0) is 0 Å². The van der Waals surface area contributed by atoms with Gasteiger partial charge in [0, 0.05) is 37.8 Å². The number of alkyl halides is 1. The first-order valence-electron chi connectivity index (χ1n) is 5.98. The van der Waals surface area contributed by atoms with Crippen LogP contribution in [0.15, 0.2) is 24.3 Å². The van der Waals surface area contributed by atoms with E-state index >= 15 is 0 Å². The fourth-order valence-corrected chi connectivity index (χ4v) is 2.31. The lowest BCUT2D eigenvalue weighted by Gasteiger charge is -2.33. The van der Waals surface area contributed by atoms with Crippen molar-refractivity contribution in [2.45, 2.75) is 6.04 Å². The molecule has 0 radical (unpaired) electrons. The van der Waals surface area contributed by atoms with E-state index < -0.39 is 17.6 Å². The maximum atomic E-state index is 13.3. The van der Waals surface area contributed by atoms with Crippen LogP contribution in [-0.2, 0) is 0 Å². The van der Waals surface area contributed by atoms with Crippen molar-refractivity contribution in [3.8, 4) is 0 Å². The lowest BCUT2D eigenvalue weighted by molar-refractivity contribution is -0.386. The Morgan fingerprint density at radius 2 is 2.06 bits per heavy atom. The summed E-state index contributed by atoms with van der Waals surface area (Å²) in [5.74, 6) is 0. The number of hydrogen-bond donors (Lipinski definition) is 1. The molecule has 98 valence electrons. The van der Waals surface area contributed by atoms with Crippen molar-refractivity contribution in [1.82, 2.24) is 10.2 Å².